The van der Waals surface area contributed by atoms with Crippen molar-refractivity contribution >= 4 is 0 Å². The van der Waals surface area contributed by atoms with Crippen LogP contribution in [0.3, 0.4) is 0 Å². The summed E-state index contributed by atoms with van der Waals surface area (Å²) in [6.07, 6.45) is 4.03. The highest BCUT2D eigenvalue weighted by atomic mass is 16.3. The molecule has 0 amide bonds. The number of hydrogen-bond acceptors (Lipinski definition) is 3. The van der Waals surface area contributed by atoms with Crippen molar-refractivity contribution < 1.29 is 5.11 Å². The fourth-order valence-electron chi connectivity index (χ4n) is 2.58. The molecule has 2 atom stereocenters. The largest absolute Gasteiger partial charge is 0.396 e. The molecule has 0 aromatic carbocycles. The molecule has 4 heteroatoms. The van der Waals surface area contributed by atoms with Crippen molar-refractivity contribution in [3.63, 3.8) is 0 Å². The molecule has 1 aliphatic rings. The molecule has 0 saturated carbocycles. The normalized spacial score (nSPS) is 20.4. The lowest BCUT2D eigenvalue weighted by atomic mass is 9.91. The van der Waals surface area contributed by atoms with Crippen molar-refractivity contribution in [2.75, 3.05) is 13.2 Å². The van der Waals surface area contributed by atoms with Crippen LogP contribution in [0, 0.1) is 5.92 Å². The first-order valence-electron chi connectivity index (χ1n) is 6.77. The van der Waals surface area contributed by atoms with Gasteiger partial charge in [-0.3, -0.25) is 4.79 Å². The summed E-state index contributed by atoms with van der Waals surface area (Å²) in [7, 11) is 0. The van der Waals surface area contributed by atoms with Gasteiger partial charge in [-0.2, -0.15) is 0 Å². The van der Waals surface area contributed by atoms with Gasteiger partial charge in [-0.15, -0.1) is 0 Å². The van der Waals surface area contributed by atoms with Crippen LogP contribution < -0.4 is 10.9 Å². The van der Waals surface area contributed by atoms with Gasteiger partial charge in [0, 0.05) is 24.4 Å². The molecule has 18 heavy (non-hydrogen) atoms. The third-order valence-corrected chi connectivity index (χ3v) is 3.67. The fraction of sp³-hybridized carbons (Fsp3) is 0.643. The molecule has 0 aliphatic heterocycles. The van der Waals surface area contributed by atoms with Crippen LogP contribution in [-0.4, -0.2) is 23.2 Å². The van der Waals surface area contributed by atoms with Gasteiger partial charge in [0.15, 0.2) is 0 Å². The van der Waals surface area contributed by atoms with E-state index in [9.17, 15) is 4.79 Å². The first kappa shape index (κ1) is 13.3. The van der Waals surface area contributed by atoms with E-state index in [-0.39, 0.29) is 12.2 Å². The topological polar surface area (TPSA) is 65.1 Å². The average Bonchev–Trinajstić information content (AvgIpc) is 2.36. The zero-order valence-corrected chi connectivity index (χ0v) is 10.9. The predicted molar refractivity (Wildman–Crippen MR) is 71.6 cm³/mol. The Kier molecular flexibility index (Phi) is 4.55. The van der Waals surface area contributed by atoms with Crippen molar-refractivity contribution in [2.24, 2.45) is 5.92 Å². The van der Waals surface area contributed by atoms with Crippen molar-refractivity contribution in [2.45, 2.75) is 38.6 Å². The molecule has 1 heterocycles. The summed E-state index contributed by atoms with van der Waals surface area (Å²) in [5, 5.41) is 12.4. The van der Waals surface area contributed by atoms with Gasteiger partial charge < -0.3 is 15.4 Å². The number of aromatic amines is 1. The van der Waals surface area contributed by atoms with Gasteiger partial charge in [-0.25, -0.2) is 0 Å². The van der Waals surface area contributed by atoms with E-state index in [1.54, 1.807) is 6.07 Å². The van der Waals surface area contributed by atoms with Gasteiger partial charge >= 0.3 is 0 Å². The molecule has 4 nitrogen and oxygen atoms in total. The Balaban J connectivity index is 2.01. The highest BCUT2D eigenvalue weighted by Gasteiger charge is 2.20. The highest BCUT2D eigenvalue weighted by Crippen LogP contribution is 2.27. The molecule has 1 aromatic rings. The third kappa shape index (κ3) is 3.21. The number of aliphatic hydroxyl groups is 1. The lowest BCUT2D eigenvalue weighted by Gasteiger charge is -2.27. The lowest BCUT2D eigenvalue weighted by molar-refractivity contribution is 0.256. The Labute approximate surface area is 107 Å². The predicted octanol–water partition coefficient (Wildman–Crippen LogP) is 1.36. The van der Waals surface area contributed by atoms with Crippen LogP contribution in [0.25, 0.3) is 0 Å². The van der Waals surface area contributed by atoms with Gasteiger partial charge in [-0.1, -0.05) is 13.0 Å². The third-order valence-electron chi connectivity index (χ3n) is 3.67. The lowest BCUT2D eigenvalue weighted by Crippen LogP contribution is -2.30. The summed E-state index contributed by atoms with van der Waals surface area (Å²) in [6.45, 7) is 3.29. The van der Waals surface area contributed by atoms with Crippen LogP contribution in [0.4, 0.5) is 0 Å². The summed E-state index contributed by atoms with van der Waals surface area (Å²) in [5.41, 5.74) is 2.31. The van der Waals surface area contributed by atoms with Gasteiger partial charge in [-0.05, 0) is 43.7 Å². The maximum Gasteiger partial charge on any atom is 0.248 e. The molecule has 0 radical (unpaired) electrons. The maximum atomic E-state index is 11.3. The van der Waals surface area contributed by atoms with Crippen LogP contribution in [0.2, 0.25) is 0 Å². The molecule has 3 N–H and O–H groups in total. The Hall–Kier alpha value is -1.13. The van der Waals surface area contributed by atoms with E-state index in [0.29, 0.717) is 12.0 Å². The second kappa shape index (κ2) is 6.16. The molecule has 2 rings (SSSR count). The molecule has 0 saturated heterocycles. The highest BCUT2D eigenvalue weighted by molar-refractivity contribution is 5.26. The fourth-order valence-corrected chi connectivity index (χ4v) is 2.58. The molecular weight excluding hydrogens is 228 g/mol. The van der Waals surface area contributed by atoms with Gasteiger partial charge in [0.25, 0.3) is 0 Å². The Morgan fingerprint density at radius 2 is 2.39 bits per heavy atom. The first-order chi connectivity index (χ1) is 8.70. The summed E-state index contributed by atoms with van der Waals surface area (Å²) in [6, 6.07) is 3.89. The first-order valence-corrected chi connectivity index (χ1v) is 6.77. The van der Waals surface area contributed by atoms with Crippen LogP contribution in [0.5, 0.6) is 0 Å². The summed E-state index contributed by atoms with van der Waals surface area (Å²) in [5.74, 6) is 0.475. The van der Waals surface area contributed by atoms with E-state index in [1.807, 2.05) is 6.07 Å². The van der Waals surface area contributed by atoms with E-state index in [0.717, 1.165) is 37.9 Å². The van der Waals surface area contributed by atoms with Crippen LogP contribution >= 0.6 is 0 Å². The van der Waals surface area contributed by atoms with Crippen molar-refractivity contribution in [1.82, 2.24) is 10.3 Å². The molecule has 0 fully saturated rings. The molecule has 2 unspecified atom stereocenters. The molecule has 1 aliphatic carbocycles. The second-order valence-corrected chi connectivity index (χ2v) is 5.23. The molecule has 0 bridgehead atoms. The van der Waals surface area contributed by atoms with Gasteiger partial charge in [0.2, 0.25) is 5.56 Å². The minimum Gasteiger partial charge on any atom is -0.396 e. The number of aromatic nitrogens is 1. The number of aryl methyl sites for hydroxylation is 1. The average molecular weight is 250 g/mol. The number of rotatable bonds is 5. The van der Waals surface area contributed by atoms with Gasteiger partial charge in [0.05, 0.1) is 0 Å². The number of aliphatic hydroxyl groups excluding tert-OH is 1. The number of hydrogen-bond donors (Lipinski definition) is 3. The minimum atomic E-state index is -0.0111. The van der Waals surface area contributed by atoms with E-state index < -0.39 is 0 Å². The standard InChI is InChI=1S/C14H22N2O2/c1-10(7-8-17)9-15-12-3-2-4-13-11(12)5-6-14(18)16-13/h5-6,10,12,15,17H,2-4,7-9H2,1H3,(H,16,18). The number of pyridine rings is 1. The van der Waals surface area contributed by atoms with Gasteiger partial charge in [0.1, 0.15) is 0 Å². The summed E-state index contributed by atoms with van der Waals surface area (Å²) in [4.78, 5) is 14.2. The smallest absolute Gasteiger partial charge is 0.248 e. The van der Waals surface area contributed by atoms with Crippen LogP contribution in [-0.2, 0) is 6.42 Å². The molecule has 100 valence electrons. The van der Waals surface area contributed by atoms with Crippen molar-refractivity contribution in [3.8, 4) is 0 Å². The Bertz CT molecular complexity index is 442. The monoisotopic (exact) mass is 250 g/mol. The maximum absolute atomic E-state index is 11.3. The zero-order valence-electron chi connectivity index (χ0n) is 10.9. The van der Waals surface area contributed by atoms with Crippen LogP contribution in [0.1, 0.15) is 43.5 Å². The quantitative estimate of drug-likeness (QED) is 0.739. The van der Waals surface area contributed by atoms with E-state index >= 15 is 0 Å². The number of nitrogens with one attached hydrogen (secondary N) is 2. The van der Waals surface area contributed by atoms with Crippen molar-refractivity contribution in [1.29, 1.82) is 0 Å². The second-order valence-electron chi connectivity index (χ2n) is 5.23. The number of H-pyrrole nitrogens is 1. The zero-order chi connectivity index (χ0) is 13.0. The molecule has 0 spiro atoms. The van der Waals surface area contributed by atoms with E-state index in [2.05, 4.69) is 17.2 Å². The number of fused-ring (bicyclic) bond motifs is 1. The minimum absolute atomic E-state index is 0.0111. The van der Waals surface area contributed by atoms with E-state index in [4.69, 9.17) is 5.11 Å². The summed E-state index contributed by atoms with van der Waals surface area (Å²) >= 11 is 0. The van der Waals surface area contributed by atoms with Crippen molar-refractivity contribution in [3.05, 3.63) is 33.7 Å². The van der Waals surface area contributed by atoms with Crippen LogP contribution in [0.15, 0.2) is 16.9 Å². The molecular formula is C14H22N2O2. The summed E-state index contributed by atoms with van der Waals surface area (Å²) < 4.78 is 0. The van der Waals surface area contributed by atoms with E-state index in [1.165, 1.54) is 5.56 Å². The Morgan fingerprint density at radius 1 is 1.56 bits per heavy atom. The Morgan fingerprint density at radius 3 is 3.17 bits per heavy atom. The molecule has 1 aromatic heterocycles. The SMILES string of the molecule is CC(CCO)CNC1CCCc2[nH]c(=O)ccc21.